The van der Waals surface area contributed by atoms with Gasteiger partial charge in [-0.15, -0.1) is 0 Å². The van der Waals surface area contributed by atoms with Gasteiger partial charge in [-0.25, -0.2) is 9.36 Å². The number of aromatic nitrogens is 1. The second-order valence-corrected chi connectivity index (χ2v) is 5.34. The second kappa shape index (κ2) is 6.77. The maximum Gasteiger partial charge on any atom is 0.469 e. The van der Waals surface area contributed by atoms with E-state index in [4.69, 9.17) is 14.9 Å². The van der Waals surface area contributed by atoms with Crippen molar-refractivity contribution in [2.24, 2.45) is 0 Å². The van der Waals surface area contributed by atoms with E-state index in [0.717, 1.165) is 0 Å². The van der Waals surface area contributed by atoms with E-state index in [-0.39, 0.29) is 22.6 Å². The predicted octanol–water partition coefficient (Wildman–Crippen LogP) is -1.51. The highest BCUT2D eigenvalue weighted by molar-refractivity contribution is 7.46. The Morgan fingerprint density at radius 2 is 2.24 bits per heavy atom. The van der Waals surface area contributed by atoms with Crippen LogP contribution in [0.1, 0.15) is 16.8 Å². The van der Waals surface area contributed by atoms with Crippen molar-refractivity contribution >= 4 is 20.0 Å². The maximum atomic E-state index is 10.7. The zero-order valence-electron chi connectivity index (χ0n) is 11.1. The van der Waals surface area contributed by atoms with Gasteiger partial charge < -0.3 is 20.0 Å². The molecule has 10 heteroatoms. The molecular formula is C11H15N2O7P. The number of aryl methyl sites for hydroxylation is 1. The molecule has 0 unspecified atom stereocenters. The average Bonchev–Trinajstić information content (AvgIpc) is 2.37. The number of carboxylic acid groups (broad SMARTS) is 1. The van der Waals surface area contributed by atoms with Crippen LogP contribution < -0.4 is 4.99 Å². The largest absolute Gasteiger partial charge is 0.505 e. The van der Waals surface area contributed by atoms with Gasteiger partial charge in [0.25, 0.3) is 0 Å². The fourth-order valence-corrected chi connectivity index (χ4v) is 1.64. The number of aromatic hydroxyl groups is 1. The monoisotopic (exact) mass is 318 g/mol. The quantitative estimate of drug-likeness (QED) is 0.241. The number of aliphatic carboxylic acids is 1. The third-order valence-corrected chi connectivity index (χ3v) is 2.94. The summed E-state index contributed by atoms with van der Waals surface area (Å²) in [5.74, 6) is -1.46. The number of nitrogens with one attached hydrogen (secondary N) is 1. The van der Waals surface area contributed by atoms with E-state index in [1.165, 1.54) is 19.3 Å². The molecule has 0 aliphatic heterocycles. The summed E-state index contributed by atoms with van der Waals surface area (Å²) >= 11 is 0. The minimum Gasteiger partial charge on any atom is -0.505 e. The minimum absolute atomic E-state index is 0.117. The Kier molecular flexibility index (Phi) is 5.56. The molecule has 0 aliphatic carbocycles. The summed E-state index contributed by atoms with van der Waals surface area (Å²) in [4.78, 5) is 34.3. The normalized spacial score (nSPS) is 13.5. The number of hydrogen-bond donors (Lipinski definition) is 5. The summed E-state index contributed by atoms with van der Waals surface area (Å²) in [6.45, 7) is 4.33. The molecule has 1 aromatic heterocycles. The summed E-state index contributed by atoms with van der Waals surface area (Å²) in [5, 5.41) is 18.6. The molecule has 1 aromatic rings. The molecule has 0 spiro atoms. The van der Waals surface area contributed by atoms with E-state index in [1.54, 1.807) is 0 Å². The maximum absolute atomic E-state index is 10.7. The highest BCUT2D eigenvalue weighted by atomic mass is 31.2. The van der Waals surface area contributed by atoms with Gasteiger partial charge in [0.05, 0.1) is 17.9 Å². The van der Waals surface area contributed by atoms with Gasteiger partial charge >= 0.3 is 13.8 Å². The Morgan fingerprint density at radius 3 is 2.76 bits per heavy atom. The Labute approximate surface area is 120 Å². The lowest BCUT2D eigenvalue weighted by Crippen LogP contribution is -2.78. The predicted molar refractivity (Wildman–Crippen MR) is 70.4 cm³/mol. The second-order valence-electron chi connectivity index (χ2n) is 4.10. The van der Waals surface area contributed by atoms with Gasteiger partial charge in [-0.2, -0.15) is 0 Å². The summed E-state index contributed by atoms with van der Waals surface area (Å²) in [5.41, 5.74) is 0.552. The average molecular weight is 318 g/mol. The van der Waals surface area contributed by atoms with Gasteiger partial charge in [0.15, 0.2) is 6.21 Å². The molecule has 0 aliphatic rings. The first-order valence-corrected chi connectivity index (χ1v) is 7.17. The van der Waals surface area contributed by atoms with Gasteiger partial charge in [0.1, 0.15) is 11.8 Å². The molecule has 9 nitrogen and oxygen atoms in total. The molecule has 1 rings (SSSR count). The van der Waals surface area contributed by atoms with Crippen molar-refractivity contribution in [3.8, 4) is 5.75 Å². The number of rotatable bonds is 6. The molecule has 1 heterocycles. The van der Waals surface area contributed by atoms with Crippen LogP contribution in [0.5, 0.6) is 5.75 Å². The number of hydrogen-bond acceptors (Lipinski definition) is 5. The highest BCUT2D eigenvalue weighted by Crippen LogP contribution is 2.37. The molecule has 0 aromatic carbocycles. The summed E-state index contributed by atoms with van der Waals surface area (Å²) < 4.78 is 15.0. The minimum atomic E-state index is -4.68. The van der Waals surface area contributed by atoms with Crippen LogP contribution in [0.3, 0.4) is 0 Å². The number of pyridine rings is 1. The van der Waals surface area contributed by atoms with Crippen molar-refractivity contribution in [1.29, 1.82) is 0 Å². The molecule has 0 fully saturated rings. The molecule has 0 saturated carbocycles. The standard InChI is InChI=1S/C11H14N2O7P/c1-6-10(14)9(4-13-7(2)11(15)16)8(3-12-6)5-20-21(17,18)19/h3-4,7,14H,2,5H2,1H3,(H,15,16)(H2,17,18,19)/q-1/p+1/t7-/m0/s1. The van der Waals surface area contributed by atoms with Crippen molar-refractivity contribution in [3.05, 3.63) is 29.9 Å². The van der Waals surface area contributed by atoms with Crippen molar-refractivity contribution in [1.82, 2.24) is 4.98 Å². The fourth-order valence-electron chi connectivity index (χ4n) is 1.34. The van der Waals surface area contributed by atoms with E-state index in [2.05, 4.69) is 21.4 Å². The molecule has 0 amide bonds. The van der Waals surface area contributed by atoms with Crippen LogP contribution in [0, 0.1) is 13.8 Å². The van der Waals surface area contributed by atoms with Gasteiger partial charge in [-0.3, -0.25) is 21.4 Å². The number of phosphoric ester groups is 1. The van der Waals surface area contributed by atoms with Crippen LogP contribution in [0.4, 0.5) is 0 Å². The smallest absolute Gasteiger partial charge is 0.469 e. The van der Waals surface area contributed by atoms with Crippen molar-refractivity contribution in [2.75, 3.05) is 0 Å². The molecule has 21 heavy (non-hydrogen) atoms. The van der Waals surface area contributed by atoms with Crippen LogP contribution in [0.2, 0.25) is 0 Å². The van der Waals surface area contributed by atoms with Gasteiger partial charge in [-0.1, -0.05) is 0 Å². The summed E-state index contributed by atoms with van der Waals surface area (Å²) in [6.07, 6.45) is 2.44. The summed E-state index contributed by atoms with van der Waals surface area (Å²) in [7, 11) is -4.68. The number of phosphoric acid groups is 1. The lowest BCUT2D eigenvalue weighted by molar-refractivity contribution is -0.472. The third kappa shape index (κ3) is 5.24. The third-order valence-electron chi connectivity index (χ3n) is 2.47. The molecular weight excluding hydrogens is 303 g/mol. The zero-order valence-corrected chi connectivity index (χ0v) is 11.9. The first-order valence-electron chi connectivity index (χ1n) is 5.64. The molecule has 0 bridgehead atoms. The first-order chi connectivity index (χ1) is 9.61. The highest BCUT2D eigenvalue weighted by Gasteiger charge is 2.19. The lowest BCUT2D eigenvalue weighted by Gasteiger charge is -2.09. The zero-order chi connectivity index (χ0) is 16.2. The van der Waals surface area contributed by atoms with E-state index in [0.29, 0.717) is 0 Å². The van der Waals surface area contributed by atoms with Gasteiger partial charge in [-0.05, 0) is 6.92 Å². The molecule has 1 atom stereocenters. The van der Waals surface area contributed by atoms with Gasteiger partial charge in [0.2, 0.25) is 0 Å². The van der Waals surface area contributed by atoms with E-state index in [9.17, 15) is 14.5 Å². The molecule has 0 radical (unpaired) electrons. The molecule has 116 valence electrons. The molecule has 0 saturated heterocycles. The lowest BCUT2D eigenvalue weighted by atomic mass is 10.1. The fraction of sp³-hybridized carbons (Fsp3) is 0.273. The van der Waals surface area contributed by atoms with Crippen LogP contribution >= 0.6 is 7.82 Å². The topological polar surface area (TPSA) is 151 Å². The Bertz CT molecular complexity index is 611. The van der Waals surface area contributed by atoms with Crippen LogP contribution in [0.15, 0.2) is 6.20 Å². The Morgan fingerprint density at radius 1 is 1.62 bits per heavy atom. The van der Waals surface area contributed by atoms with E-state index < -0.39 is 26.4 Å². The van der Waals surface area contributed by atoms with Crippen LogP contribution in [-0.2, 0) is 20.5 Å². The number of nitrogens with zero attached hydrogens (tertiary/aromatic N) is 1. The molecule has 5 N–H and O–H groups in total. The van der Waals surface area contributed by atoms with E-state index in [1.807, 2.05) is 0 Å². The van der Waals surface area contributed by atoms with Crippen LogP contribution in [0.25, 0.3) is 0 Å². The summed E-state index contributed by atoms with van der Waals surface area (Å²) in [6, 6.07) is -1.16. The van der Waals surface area contributed by atoms with Crippen molar-refractivity contribution in [2.45, 2.75) is 19.6 Å². The SMILES string of the molecule is [CH2-][C@H]([NH+]=Cc1c(COP(=O)(O)O)cnc(C)c1O)C(=O)O. The van der Waals surface area contributed by atoms with Crippen LogP contribution in [-0.4, -0.2) is 43.2 Å². The number of carbonyl (C=O) groups is 1. The van der Waals surface area contributed by atoms with Gasteiger partial charge in [0, 0.05) is 11.8 Å². The van der Waals surface area contributed by atoms with Crippen molar-refractivity contribution < 1.29 is 38.9 Å². The van der Waals surface area contributed by atoms with Crippen molar-refractivity contribution in [3.63, 3.8) is 0 Å². The first kappa shape index (κ1) is 17.3. The van der Waals surface area contributed by atoms with E-state index >= 15 is 0 Å². The number of carboxylic acids is 1. The Hall–Kier alpha value is -1.80. The Balaban J connectivity index is 3.12.